The maximum Gasteiger partial charge on any atom is 0.306 e. The Morgan fingerprint density at radius 3 is 2.44 bits per heavy atom. The molecule has 1 aromatic heterocycles. The van der Waals surface area contributed by atoms with Crippen molar-refractivity contribution in [1.82, 2.24) is 15.1 Å². The molecule has 0 radical (unpaired) electrons. The molecule has 1 saturated carbocycles. The Morgan fingerprint density at radius 2 is 1.80 bits per heavy atom. The van der Waals surface area contributed by atoms with E-state index in [0.717, 1.165) is 16.8 Å². The number of carboxylic acids is 1. The number of carboxylic acid groups (broad SMARTS) is 1. The van der Waals surface area contributed by atoms with Crippen LogP contribution in [0.3, 0.4) is 0 Å². The van der Waals surface area contributed by atoms with E-state index in [1.165, 1.54) is 0 Å². The van der Waals surface area contributed by atoms with Crippen molar-refractivity contribution in [2.45, 2.75) is 32.2 Å². The third-order valence-electron chi connectivity index (χ3n) is 4.85. The number of hydrogen-bond acceptors (Lipinski definition) is 3. The summed E-state index contributed by atoms with van der Waals surface area (Å²) in [6.07, 6.45) is 4.36. The van der Waals surface area contributed by atoms with Gasteiger partial charge in [0, 0.05) is 36.8 Å². The first kappa shape index (κ1) is 17.2. The fourth-order valence-corrected chi connectivity index (χ4v) is 3.44. The van der Waals surface area contributed by atoms with Crippen LogP contribution in [0.2, 0.25) is 0 Å². The summed E-state index contributed by atoms with van der Waals surface area (Å²) in [5, 5.41) is 16.5. The van der Waals surface area contributed by atoms with Crippen molar-refractivity contribution in [2.75, 3.05) is 0 Å². The molecule has 0 bridgehead atoms. The molecule has 3 rings (SSSR count). The number of amides is 1. The first-order chi connectivity index (χ1) is 12.0. The van der Waals surface area contributed by atoms with E-state index >= 15 is 0 Å². The molecule has 1 aliphatic rings. The summed E-state index contributed by atoms with van der Waals surface area (Å²) < 4.78 is 1.75. The SMILES string of the molecule is Cn1cc(CNC(=O)C2CCC(C(=O)O)CC2)c(-c2ccccc2)n1. The number of benzene rings is 1. The van der Waals surface area contributed by atoms with Crippen LogP contribution in [0.1, 0.15) is 31.2 Å². The van der Waals surface area contributed by atoms with Gasteiger partial charge in [0.15, 0.2) is 0 Å². The van der Waals surface area contributed by atoms with Crippen LogP contribution in [0.15, 0.2) is 36.5 Å². The summed E-state index contributed by atoms with van der Waals surface area (Å²) in [4.78, 5) is 23.4. The molecule has 6 nitrogen and oxygen atoms in total. The van der Waals surface area contributed by atoms with Gasteiger partial charge in [0.1, 0.15) is 0 Å². The molecule has 1 heterocycles. The molecular weight excluding hydrogens is 318 g/mol. The molecule has 0 spiro atoms. The Labute approximate surface area is 146 Å². The largest absolute Gasteiger partial charge is 0.481 e. The lowest BCUT2D eigenvalue weighted by molar-refractivity contribution is -0.144. The monoisotopic (exact) mass is 341 g/mol. The van der Waals surface area contributed by atoms with Gasteiger partial charge in [0.25, 0.3) is 0 Å². The van der Waals surface area contributed by atoms with Crippen molar-refractivity contribution in [2.24, 2.45) is 18.9 Å². The van der Waals surface area contributed by atoms with Gasteiger partial charge in [-0.1, -0.05) is 30.3 Å². The number of carbonyl (C=O) groups excluding carboxylic acids is 1. The summed E-state index contributed by atoms with van der Waals surface area (Å²) in [6.45, 7) is 0.426. The van der Waals surface area contributed by atoms with Gasteiger partial charge in [-0.3, -0.25) is 14.3 Å². The van der Waals surface area contributed by atoms with Crippen LogP contribution in [0, 0.1) is 11.8 Å². The number of carbonyl (C=O) groups is 2. The Balaban J connectivity index is 1.61. The summed E-state index contributed by atoms with van der Waals surface area (Å²) in [5.74, 6) is -1.13. The highest BCUT2D eigenvalue weighted by Gasteiger charge is 2.29. The van der Waals surface area contributed by atoms with Gasteiger partial charge in [-0.05, 0) is 25.7 Å². The molecule has 132 valence electrons. The number of aliphatic carboxylic acids is 1. The Hall–Kier alpha value is -2.63. The molecule has 6 heteroatoms. The van der Waals surface area contributed by atoms with Crippen LogP contribution in [0.25, 0.3) is 11.3 Å². The second-order valence-corrected chi connectivity index (χ2v) is 6.65. The molecule has 2 N–H and O–H groups in total. The van der Waals surface area contributed by atoms with E-state index < -0.39 is 5.97 Å². The second kappa shape index (κ2) is 7.51. The van der Waals surface area contributed by atoms with Crippen LogP contribution in [-0.2, 0) is 23.2 Å². The number of nitrogens with one attached hydrogen (secondary N) is 1. The van der Waals surface area contributed by atoms with Crippen molar-refractivity contribution in [3.8, 4) is 11.3 Å². The van der Waals surface area contributed by atoms with Crippen LogP contribution < -0.4 is 5.32 Å². The second-order valence-electron chi connectivity index (χ2n) is 6.65. The van der Waals surface area contributed by atoms with Gasteiger partial charge < -0.3 is 10.4 Å². The van der Waals surface area contributed by atoms with E-state index in [9.17, 15) is 9.59 Å². The number of rotatable bonds is 5. The summed E-state index contributed by atoms with van der Waals surface area (Å²) >= 11 is 0. The Morgan fingerprint density at radius 1 is 1.16 bits per heavy atom. The average molecular weight is 341 g/mol. The highest BCUT2D eigenvalue weighted by atomic mass is 16.4. The van der Waals surface area contributed by atoms with E-state index in [0.29, 0.717) is 32.2 Å². The maximum absolute atomic E-state index is 12.4. The number of nitrogens with zero attached hydrogens (tertiary/aromatic N) is 2. The quantitative estimate of drug-likeness (QED) is 0.875. The van der Waals surface area contributed by atoms with Gasteiger partial charge in [-0.25, -0.2) is 0 Å². The van der Waals surface area contributed by atoms with Crippen LogP contribution >= 0.6 is 0 Å². The molecule has 0 saturated heterocycles. The molecule has 1 aromatic carbocycles. The lowest BCUT2D eigenvalue weighted by Gasteiger charge is -2.25. The molecule has 1 fully saturated rings. The predicted molar refractivity (Wildman–Crippen MR) is 93.6 cm³/mol. The first-order valence-electron chi connectivity index (χ1n) is 8.63. The van der Waals surface area contributed by atoms with Gasteiger partial charge in [0.2, 0.25) is 5.91 Å². The zero-order valence-corrected chi connectivity index (χ0v) is 14.3. The zero-order chi connectivity index (χ0) is 17.8. The minimum absolute atomic E-state index is 0.00621. The van der Waals surface area contributed by atoms with Gasteiger partial charge in [-0.15, -0.1) is 0 Å². The maximum atomic E-state index is 12.4. The normalized spacial score (nSPS) is 20.2. The average Bonchev–Trinajstić information content (AvgIpc) is 3.01. The first-order valence-corrected chi connectivity index (χ1v) is 8.63. The highest BCUT2D eigenvalue weighted by molar-refractivity contribution is 5.79. The smallest absolute Gasteiger partial charge is 0.306 e. The minimum Gasteiger partial charge on any atom is -0.481 e. The third kappa shape index (κ3) is 4.07. The minimum atomic E-state index is -0.748. The lowest BCUT2D eigenvalue weighted by Crippen LogP contribution is -2.34. The molecule has 25 heavy (non-hydrogen) atoms. The van der Waals surface area contributed by atoms with Crippen molar-refractivity contribution < 1.29 is 14.7 Å². The van der Waals surface area contributed by atoms with Gasteiger partial charge in [0.05, 0.1) is 11.6 Å². The van der Waals surface area contributed by atoms with Gasteiger partial charge in [-0.2, -0.15) is 5.10 Å². The lowest BCUT2D eigenvalue weighted by atomic mass is 9.81. The molecule has 2 aromatic rings. The predicted octanol–water partition coefficient (Wildman–Crippen LogP) is 2.59. The van der Waals surface area contributed by atoms with Crippen molar-refractivity contribution in [1.29, 1.82) is 0 Å². The fraction of sp³-hybridized carbons (Fsp3) is 0.421. The number of aromatic nitrogens is 2. The standard InChI is InChI=1S/C19H23N3O3/c1-22-12-16(17(21-22)13-5-3-2-4-6-13)11-20-18(23)14-7-9-15(10-8-14)19(24)25/h2-6,12,14-15H,7-11H2,1H3,(H,20,23)(H,24,25). The van der Waals surface area contributed by atoms with E-state index in [-0.39, 0.29) is 17.7 Å². The third-order valence-corrected chi connectivity index (χ3v) is 4.85. The van der Waals surface area contributed by atoms with E-state index in [2.05, 4.69) is 10.4 Å². The summed E-state index contributed by atoms with van der Waals surface area (Å²) in [7, 11) is 1.87. The van der Waals surface area contributed by atoms with Crippen molar-refractivity contribution >= 4 is 11.9 Å². The van der Waals surface area contributed by atoms with E-state index in [4.69, 9.17) is 5.11 Å². The number of hydrogen-bond donors (Lipinski definition) is 2. The van der Waals surface area contributed by atoms with Gasteiger partial charge >= 0.3 is 5.97 Å². The van der Waals surface area contributed by atoms with E-state index in [1.54, 1.807) is 4.68 Å². The van der Waals surface area contributed by atoms with Crippen molar-refractivity contribution in [3.05, 3.63) is 42.1 Å². The molecule has 1 aliphatic carbocycles. The Kier molecular flexibility index (Phi) is 5.16. The molecule has 0 aliphatic heterocycles. The van der Waals surface area contributed by atoms with Crippen LogP contribution in [-0.4, -0.2) is 26.8 Å². The highest BCUT2D eigenvalue weighted by Crippen LogP contribution is 2.29. The summed E-state index contributed by atoms with van der Waals surface area (Å²) in [5.41, 5.74) is 2.87. The zero-order valence-electron chi connectivity index (χ0n) is 14.3. The Bertz CT molecular complexity index is 747. The molecule has 1 amide bonds. The van der Waals surface area contributed by atoms with Crippen LogP contribution in [0.5, 0.6) is 0 Å². The topological polar surface area (TPSA) is 84.2 Å². The fourth-order valence-electron chi connectivity index (χ4n) is 3.44. The number of aryl methyl sites for hydroxylation is 1. The molecule has 0 unspecified atom stereocenters. The summed E-state index contributed by atoms with van der Waals surface area (Å²) in [6, 6.07) is 9.89. The van der Waals surface area contributed by atoms with Crippen molar-refractivity contribution in [3.63, 3.8) is 0 Å². The molecular formula is C19H23N3O3. The molecule has 0 atom stereocenters. The van der Waals surface area contributed by atoms with E-state index in [1.807, 2.05) is 43.6 Å². The van der Waals surface area contributed by atoms with Crippen LogP contribution in [0.4, 0.5) is 0 Å².